The number of fused-ring (bicyclic) bond motifs is 3. The number of rotatable bonds is 14. The van der Waals surface area contributed by atoms with Crippen LogP contribution in [0, 0.1) is 11.3 Å². The summed E-state index contributed by atoms with van der Waals surface area (Å²) in [6.07, 6.45) is 4.00. The summed E-state index contributed by atoms with van der Waals surface area (Å²) in [5.41, 5.74) is 4.18. The third-order valence-electron chi connectivity index (χ3n) is 12.9. The number of carbonyl (C=O) groups excluding carboxylic acids is 3. The predicted octanol–water partition coefficient (Wildman–Crippen LogP) is 10.2. The number of anilines is 2. The van der Waals surface area contributed by atoms with Crippen molar-refractivity contribution in [1.82, 2.24) is 10.0 Å². The van der Waals surface area contributed by atoms with E-state index < -0.39 is 38.8 Å². The zero-order valence-corrected chi connectivity index (χ0v) is 39.5. The van der Waals surface area contributed by atoms with Gasteiger partial charge in [-0.3, -0.25) is 14.4 Å². The molecule has 0 unspecified atom stereocenters. The molecule has 62 heavy (non-hydrogen) atoms. The van der Waals surface area contributed by atoms with Gasteiger partial charge in [-0.1, -0.05) is 145 Å². The molecular weight excluding hydrogens is 928 g/mol. The van der Waals surface area contributed by atoms with Gasteiger partial charge >= 0.3 is 0 Å². The van der Waals surface area contributed by atoms with Crippen molar-refractivity contribution in [1.29, 1.82) is 0 Å². The highest BCUT2D eigenvalue weighted by Gasteiger charge is 2.55. The molecule has 324 valence electrons. The molecule has 5 aromatic rings. The molecule has 4 N–H and O–H groups in total. The van der Waals surface area contributed by atoms with Crippen molar-refractivity contribution in [3.8, 4) is 0 Å². The molecule has 5 atom stereocenters. The van der Waals surface area contributed by atoms with E-state index in [0.717, 1.165) is 50.5 Å². The minimum atomic E-state index is -4.27. The second kappa shape index (κ2) is 19.0. The van der Waals surface area contributed by atoms with Crippen molar-refractivity contribution in [3.05, 3.63) is 158 Å². The summed E-state index contributed by atoms with van der Waals surface area (Å²) in [6.45, 7) is 8.15. The third kappa shape index (κ3) is 10.1. The number of amides is 3. The molecule has 0 aliphatic heterocycles. The van der Waals surface area contributed by atoms with Crippen LogP contribution in [0.1, 0.15) is 87.1 Å². The fraction of sp³-hybridized carbons (Fsp3) is 0.340. The molecule has 1 saturated carbocycles. The van der Waals surface area contributed by atoms with Crippen molar-refractivity contribution in [2.24, 2.45) is 11.3 Å². The number of hydrogen-bond acceptors (Lipinski definition) is 5. The van der Waals surface area contributed by atoms with Crippen LogP contribution in [-0.4, -0.2) is 38.2 Å². The molecule has 7 rings (SSSR count). The average molecular weight is 983 g/mol. The lowest BCUT2D eigenvalue weighted by atomic mass is 9.49. The average Bonchev–Trinajstić information content (AvgIpc) is 3.23. The minimum Gasteiger partial charge on any atom is -0.343 e. The van der Waals surface area contributed by atoms with E-state index in [0.29, 0.717) is 36.2 Å². The van der Waals surface area contributed by atoms with E-state index in [-0.39, 0.29) is 35.0 Å². The first-order chi connectivity index (χ1) is 29.6. The molecular formula is C50H54Br2N4O5S. The summed E-state index contributed by atoms with van der Waals surface area (Å²) in [5, 5.41) is 9.13. The fourth-order valence-corrected chi connectivity index (χ4v) is 12.1. The van der Waals surface area contributed by atoms with Crippen molar-refractivity contribution in [3.63, 3.8) is 0 Å². The van der Waals surface area contributed by atoms with Crippen LogP contribution in [0.3, 0.4) is 0 Å². The number of carbonyl (C=O) groups is 3. The highest BCUT2D eigenvalue weighted by Crippen LogP contribution is 2.58. The second-order valence-electron chi connectivity index (χ2n) is 17.6. The standard InChI is InChI=1S/C50H54Br2N4O5S/c1-32(2)40-28-35-22-23-45-49(3,24-13-25-50(45,4)48(59)55-42(26-33-14-7-5-8-15-33)46(57)53-38-20-11-18-36(51)29-38)41(35)31-44(40)62(60,61)56-43(27-34-16-9-6-10-17-34)47(58)54-39-21-12-19-37(52)30-39/h5-12,14-21,28-32,42-43,45,56H,13,22-27H2,1-4H3,(H,53,57)(H,54,58)(H,55,59)/t42-,43-,45+,49+,50+/m0/s1. The third-order valence-corrected chi connectivity index (χ3v) is 15.4. The Bertz CT molecular complexity index is 2560. The van der Waals surface area contributed by atoms with E-state index in [1.165, 1.54) is 0 Å². The Kier molecular flexibility index (Phi) is 13.9. The van der Waals surface area contributed by atoms with E-state index in [1.54, 1.807) is 18.2 Å². The van der Waals surface area contributed by atoms with E-state index in [4.69, 9.17) is 0 Å². The molecule has 0 radical (unpaired) electrons. The van der Waals surface area contributed by atoms with E-state index in [1.807, 2.05) is 124 Å². The Morgan fingerprint density at radius 2 is 1.26 bits per heavy atom. The lowest BCUT2D eigenvalue weighted by Gasteiger charge is -2.55. The van der Waals surface area contributed by atoms with E-state index >= 15 is 0 Å². The molecule has 3 amide bonds. The first-order valence-corrected chi connectivity index (χ1v) is 24.3. The first kappa shape index (κ1) is 45.4. The van der Waals surface area contributed by atoms with Gasteiger partial charge in [0.25, 0.3) is 0 Å². The maximum absolute atomic E-state index is 14.8. The number of aryl methyl sites for hydroxylation is 1. The summed E-state index contributed by atoms with van der Waals surface area (Å²) in [7, 11) is -4.27. The fourth-order valence-electron chi connectivity index (χ4n) is 9.73. The second-order valence-corrected chi connectivity index (χ2v) is 21.1. The lowest BCUT2D eigenvalue weighted by Crippen LogP contribution is -2.58. The van der Waals surface area contributed by atoms with Gasteiger partial charge in [-0.15, -0.1) is 0 Å². The van der Waals surface area contributed by atoms with Crippen molar-refractivity contribution in [2.45, 2.75) is 101 Å². The molecule has 2 aliphatic carbocycles. The van der Waals surface area contributed by atoms with Gasteiger partial charge in [0.15, 0.2) is 0 Å². The number of benzene rings is 5. The van der Waals surface area contributed by atoms with Gasteiger partial charge < -0.3 is 16.0 Å². The number of hydrogen-bond donors (Lipinski definition) is 4. The maximum Gasteiger partial charge on any atom is 0.247 e. The van der Waals surface area contributed by atoms with E-state index in [9.17, 15) is 22.8 Å². The van der Waals surface area contributed by atoms with Gasteiger partial charge in [-0.2, -0.15) is 4.72 Å². The van der Waals surface area contributed by atoms with Crippen molar-refractivity contribution in [2.75, 3.05) is 10.6 Å². The van der Waals surface area contributed by atoms with Crippen LogP contribution < -0.4 is 20.7 Å². The summed E-state index contributed by atoms with van der Waals surface area (Å²) >= 11 is 6.94. The highest BCUT2D eigenvalue weighted by molar-refractivity contribution is 9.10. The van der Waals surface area contributed by atoms with Crippen LogP contribution in [-0.2, 0) is 49.1 Å². The zero-order valence-electron chi connectivity index (χ0n) is 35.5. The molecule has 0 bridgehead atoms. The van der Waals surface area contributed by atoms with Crippen LogP contribution in [0.25, 0.3) is 0 Å². The molecule has 0 heterocycles. The lowest BCUT2D eigenvalue weighted by molar-refractivity contribution is -0.141. The SMILES string of the molecule is CC(C)c1cc2c(cc1S(=O)(=O)N[C@@H](Cc1ccccc1)C(=O)Nc1cccc(Br)c1)[C@@]1(C)CCC[C@@](C)(C(=O)N[C@@H](Cc3ccccc3)C(=O)Nc3cccc(Br)c3)[C@@H]1CC2. The van der Waals surface area contributed by atoms with Crippen LogP contribution in [0.4, 0.5) is 11.4 Å². The van der Waals surface area contributed by atoms with Gasteiger partial charge in [0.05, 0.1) is 10.3 Å². The Labute approximate surface area is 382 Å². The van der Waals surface area contributed by atoms with Crippen LogP contribution in [0.15, 0.2) is 135 Å². The Hall–Kier alpha value is -4.62. The van der Waals surface area contributed by atoms with E-state index in [2.05, 4.69) is 59.5 Å². The van der Waals surface area contributed by atoms with Gasteiger partial charge in [0.1, 0.15) is 12.1 Å². The van der Waals surface area contributed by atoms with Gasteiger partial charge in [-0.05, 0) is 120 Å². The minimum absolute atomic E-state index is 0.132. The van der Waals surface area contributed by atoms with Gasteiger partial charge in [0.2, 0.25) is 27.7 Å². The molecule has 0 aromatic heterocycles. The van der Waals surface area contributed by atoms with Crippen LogP contribution >= 0.6 is 31.9 Å². The quantitative estimate of drug-likeness (QED) is 0.0880. The molecule has 5 aromatic carbocycles. The molecule has 12 heteroatoms. The topological polar surface area (TPSA) is 133 Å². The molecule has 1 fully saturated rings. The Morgan fingerprint density at radius 3 is 1.81 bits per heavy atom. The monoisotopic (exact) mass is 980 g/mol. The highest BCUT2D eigenvalue weighted by atomic mass is 79.9. The summed E-state index contributed by atoms with van der Waals surface area (Å²) in [6, 6.07) is 35.5. The van der Waals surface area contributed by atoms with Gasteiger partial charge in [0, 0.05) is 26.7 Å². The maximum atomic E-state index is 14.8. The number of sulfonamides is 1. The molecule has 9 nitrogen and oxygen atoms in total. The summed E-state index contributed by atoms with van der Waals surface area (Å²) in [5.74, 6) is -1.24. The van der Waals surface area contributed by atoms with Crippen molar-refractivity contribution < 1.29 is 22.8 Å². The van der Waals surface area contributed by atoms with Crippen molar-refractivity contribution >= 4 is 71.0 Å². The normalized spacial score (nSPS) is 20.6. The zero-order chi connectivity index (χ0) is 44.2. The first-order valence-electron chi connectivity index (χ1n) is 21.3. The summed E-state index contributed by atoms with van der Waals surface area (Å²) < 4.78 is 34.1. The largest absolute Gasteiger partial charge is 0.343 e. The number of halogens is 2. The smallest absolute Gasteiger partial charge is 0.247 e. The van der Waals surface area contributed by atoms with Crippen LogP contribution in [0.2, 0.25) is 0 Å². The Morgan fingerprint density at radius 1 is 0.710 bits per heavy atom. The van der Waals surface area contributed by atoms with Crippen LogP contribution in [0.5, 0.6) is 0 Å². The molecule has 2 aliphatic rings. The number of nitrogens with one attached hydrogen (secondary N) is 4. The predicted molar refractivity (Wildman–Crippen MR) is 254 cm³/mol. The van der Waals surface area contributed by atoms with Gasteiger partial charge in [-0.25, -0.2) is 8.42 Å². The summed E-state index contributed by atoms with van der Waals surface area (Å²) in [4.78, 5) is 42.9. The Balaban J connectivity index is 1.20. The molecule has 0 saturated heterocycles. The molecule has 0 spiro atoms.